The van der Waals surface area contributed by atoms with Gasteiger partial charge in [0.25, 0.3) is 0 Å². The van der Waals surface area contributed by atoms with Gasteiger partial charge in [-0.25, -0.2) is 0 Å². The summed E-state index contributed by atoms with van der Waals surface area (Å²) in [5, 5.41) is 5.91. The number of nitrogens with one attached hydrogen (secondary N) is 2. The molecule has 0 amide bonds. The van der Waals surface area contributed by atoms with Gasteiger partial charge in [-0.3, -0.25) is 0 Å². The lowest BCUT2D eigenvalue weighted by Gasteiger charge is -2.20. The standard InChI is InChI=1S/C9H19F3N2/c1-8(2,3)14-7-6-13-5-4-9(10,11)12/h13-14H,4-7H2,1-3H3. The summed E-state index contributed by atoms with van der Waals surface area (Å²) < 4.78 is 35.1. The minimum absolute atomic E-state index is 0.00464. The second-order valence-electron chi connectivity index (χ2n) is 4.29. The SMILES string of the molecule is CC(C)(C)NCCNCCC(F)(F)F. The molecule has 0 aromatic rings. The molecule has 5 heteroatoms. The van der Waals surface area contributed by atoms with E-state index < -0.39 is 12.6 Å². The third-order valence-electron chi connectivity index (χ3n) is 1.54. The first-order chi connectivity index (χ1) is 6.21. The van der Waals surface area contributed by atoms with Crippen LogP contribution in [0.4, 0.5) is 13.2 Å². The summed E-state index contributed by atoms with van der Waals surface area (Å²) in [6.07, 6.45) is -4.81. The lowest BCUT2D eigenvalue weighted by Crippen LogP contribution is -2.40. The Morgan fingerprint density at radius 2 is 1.50 bits per heavy atom. The van der Waals surface area contributed by atoms with Crippen molar-refractivity contribution < 1.29 is 13.2 Å². The molecule has 0 aromatic heterocycles. The van der Waals surface area contributed by atoms with Crippen molar-refractivity contribution in [1.82, 2.24) is 10.6 Å². The van der Waals surface area contributed by atoms with Gasteiger partial charge in [0, 0.05) is 25.2 Å². The van der Waals surface area contributed by atoms with Gasteiger partial charge in [0.05, 0.1) is 6.42 Å². The van der Waals surface area contributed by atoms with E-state index in [0.717, 1.165) is 0 Å². The van der Waals surface area contributed by atoms with Crippen LogP contribution in [-0.2, 0) is 0 Å². The predicted octanol–water partition coefficient (Wildman–Crippen LogP) is 1.92. The van der Waals surface area contributed by atoms with E-state index in [9.17, 15) is 13.2 Å². The zero-order valence-corrected chi connectivity index (χ0v) is 8.96. The molecule has 2 nitrogen and oxygen atoms in total. The van der Waals surface area contributed by atoms with Crippen LogP contribution in [0.5, 0.6) is 0 Å². The molecular weight excluding hydrogens is 193 g/mol. The molecule has 0 heterocycles. The molecular formula is C9H19F3N2. The third-order valence-corrected chi connectivity index (χ3v) is 1.54. The topological polar surface area (TPSA) is 24.1 Å². The Kier molecular flexibility index (Phi) is 5.44. The van der Waals surface area contributed by atoms with Crippen molar-refractivity contribution in [2.75, 3.05) is 19.6 Å². The van der Waals surface area contributed by atoms with Crippen LogP contribution in [0, 0.1) is 0 Å². The van der Waals surface area contributed by atoms with E-state index in [2.05, 4.69) is 10.6 Å². The van der Waals surface area contributed by atoms with Crippen molar-refractivity contribution in [3.8, 4) is 0 Å². The first kappa shape index (κ1) is 13.7. The zero-order valence-electron chi connectivity index (χ0n) is 8.96. The monoisotopic (exact) mass is 212 g/mol. The van der Waals surface area contributed by atoms with Crippen molar-refractivity contribution in [1.29, 1.82) is 0 Å². The van der Waals surface area contributed by atoms with Crippen LogP contribution in [0.2, 0.25) is 0 Å². The summed E-state index contributed by atoms with van der Waals surface area (Å²) in [6.45, 7) is 7.29. The van der Waals surface area contributed by atoms with E-state index in [-0.39, 0.29) is 12.1 Å². The van der Waals surface area contributed by atoms with E-state index in [1.807, 2.05) is 20.8 Å². The van der Waals surface area contributed by atoms with Crippen molar-refractivity contribution in [2.45, 2.75) is 38.9 Å². The fourth-order valence-electron chi connectivity index (χ4n) is 0.881. The Hall–Kier alpha value is -0.290. The normalized spacial score (nSPS) is 13.3. The number of rotatable bonds is 5. The number of hydrogen-bond acceptors (Lipinski definition) is 2. The highest BCUT2D eigenvalue weighted by Crippen LogP contribution is 2.17. The van der Waals surface area contributed by atoms with E-state index in [0.29, 0.717) is 13.1 Å². The fourth-order valence-corrected chi connectivity index (χ4v) is 0.881. The van der Waals surface area contributed by atoms with Crippen LogP contribution >= 0.6 is 0 Å². The fraction of sp³-hybridized carbons (Fsp3) is 1.00. The average Bonchev–Trinajstić information content (AvgIpc) is 1.92. The third kappa shape index (κ3) is 11.7. The van der Waals surface area contributed by atoms with Crippen LogP contribution in [-0.4, -0.2) is 31.3 Å². The largest absolute Gasteiger partial charge is 0.390 e. The van der Waals surface area contributed by atoms with Gasteiger partial charge in [-0.2, -0.15) is 13.2 Å². The molecule has 0 aliphatic carbocycles. The van der Waals surface area contributed by atoms with Gasteiger partial charge >= 0.3 is 6.18 Å². The molecule has 0 saturated heterocycles. The molecule has 0 fully saturated rings. The molecule has 0 unspecified atom stereocenters. The molecule has 0 bridgehead atoms. The lowest BCUT2D eigenvalue weighted by atomic mass is 10.1. The van der Waals surface area contributed by atoms with Crippen LogP contribution in [0.15, 0.2) is 0 Å². The Bertz CT molecular complexity index is 131. The van der Waals surface area contributed by atoms with Crippen LogP contribution < -0.4 is 10.6 Å². The average molecular weight is 212 g/mol. The van der Waals surface area contributed by atoms with Gasteiger partial charge in [0.2, 0.25) is 0 Å². The molecule has 0 saturated carbocycles. The maximum absolute atomic E-state index is 11.7. The van der Waals surface area contributed by atoms with Crippen molar-refractivity contribution in [2.24, 2.45) is 0 Å². The Morgan fingerprint density at radius 3 is 1.93 bits per heavy atom. The van der Waals surface area contributed by atoms with Gasteiger partial charge in [0.15, 0.2) is 0 Å². The van der Waals surface area contributed by atoms with E-state index >= 15 is 0 Å². The number of alkyl halides is 3. The van der Waals surface area contributed by atoms with Crippen molar-refractivity contribution in [3.63, 3.8) is 0 Å². The Morgan fingerprint density at radius 1 is 0.929 bits per heavy atom. The van der Waals surface area contributed by atoms with Gasteiger partial charge in [0.1, 0.15) is 0 Å². The van der Waals surface area contributed by atoms with Crippen molar-refractivity contribution >= 4 is 0 Å². The molecule has 0 atom stereocenters. The molecule has 0 rings (SSSR count). The molecule has 0 radical (unpaired) electrons. The molecule has 14 heavy (non-hydrogen) atoms. The van der Waals surface area contributed by atoms with Gasteiger partial charge in [-0.15, -0.1) is 0 Å². The minimum atomic E-state index is -4.05. The van der Waals surface area contributed by atoms with Crippen molar-refractivity contribution in [3.05, 3.63) is 0 Å². The lowest BCUT2D eigenvalue weighted by molar-refractivity contribution is -0.133. The summed E-state index contributed by atoms with van der Waals surface area (Å²) >= 11 is 0. The summed E-state index contributed by atoms with van der Waals surface area (Å²) in [5.41, 5.74) is 0.0196. The highest BCUT2D eigenvalue weighted by atomic mass is 19.4. The molecule has 86 valence electrons. The Labute approximate surface area is 83.3 Å². The van der Waals surface area contributed by atoms with Gasteiger partial charge in [-0.05, 0) is 20.8 Å². The van der Waals surface area contributed by atoms with Crippen LogP contribution in [0.3, 0.4) is 0 Å². The summed E-state index contributed by atoms with van der Waals surface area (Å²) in [6, 6.07) is 0. The quantitative estimate of drug-likeness (QED) is 0.680. The predicted molar refractivity (Wildman–Crippen MR) is 51.3 cm³/mol. The van der Waals surface area contributed by atoms with Crippen LogP contribution in [0.25, 0.3) is 0 Å². The first-order valence-electron chi connectivity index (χ1n) is 4.73. The highest BCUT2D eigenvalue weighted by Gasteiger charge is 2.25. The first-order valence-corrected chi connectivity index (χ1v) is 4.73. The van der Waals surface area contributed by atoms with Gasteiger partial charge < -0.3 is 10.6 Å². The minimum Gasteiger partial charge on any atom is -0.315 e. The molecule has 2 N–H and O–H groups in total. The molecule has 0 aliphatic heterocycles. The summed E-state index contributed by atoms with van der Waals surface area (Å²) in [4.78, 5) is 0. The second-order valence-corrected chi connectivity index (χ2v) is 4.29. The van der Waals surface area contributed by atoms with E-state index in [4.69, 9.17) is 0 Å². The highest BCUT2D eigenvalue weighted by molar-refractivity contribution is 4.70. The molecule has 0 spiro atoms. The second kappa shape index (κ2) is 5.56. The Balaban J connectivity index is 3.23. The van der Waals surface area contributed by atoms with E-state index in [1.165, 1.54) is 0 Å². The maximum Gasteiger partial charge on any atom is 0.390 e. The maximum atomic E-state index is 11.7. The molecule has 0 aromatic carbocycles. The van der Waals surface area contributed by atoms with E-state index in [1.54, 1.807) is 0 Å². The van der Waals surface area contributed by atoms with Crippen LogP contribution in [0.1, 0.15) is 27.2 Å². The van der Waals surface area contributed by atoms with Gasteiger partial charge in [-0.1, -0.05) is 0 Å². The zero-order chi connectivity index (χ0) is 11.2. The number of hydrogen-bond donors (Lipinski definition) is 2. The molecule has 0 aliphatic rings. The summed E-state index contributed by atoms with van der Waals surface area (Å²) in [7, 11) is 0. The number of halogens is 3. The summed E-state index contributed by atoms with van der Waals surface area (Å²) in [5.74, 6) is 0. The smallest absolute Gasteiger partial charge is 0.315 e.